The largest absolute Gasteiger partial charge is 1.00 e. The third kappa shape index (κ3) is 16.7. The van der Waals surface area contributed by atoms with Crippen molar-refractivity contribution in [2.75, 3.05) is 10.6 Å². The van der Waals surface area contributed by atoms with Crippen LogP contribution in [0.15, 0.2) is 80.7 Å². The number of carbonyl (C=O) groups excluding carboxylic acids is 2. The molecule has 0 saturated heterocycles. The molecule has 0 aliphatic heterocycles. The number of amides is 2. The number of unbranched alkanes of at least 4 members (excludes halogenated alkanes) is 12. The smallest absolute Gasteiger partial charge is 0.744 e. The summed E-state index contributed by atoms with van der Waals surface area (Å²) in [5.41, 5.74) is -0.844. The van der Waals surface area contributed by atoms with E-state index in [2.05, 4.69) is 27.8 Å². The summed E-state index contributed by atoms with van der Waals surface area (Å²) in [6, 6.07) is 12.4. The number of carbonyl (C=O) groups is 2. The van der Waals surface area contributed by atoms with Gasteiger partial charge in [0.05, 0.1) is 26.9 Å². The third-order valence-electron chi connectivity index (χ3n) is 9.08. The first kappa shape index (κ1) is 52.0. The second-order valence-corrected chi connectivity index (χ2v) is 16.5. The average molecular weight is 871 g/mol. The first-order valence-corrected chi connectivity index (χ1v) is 21.7. The van der Waals surface area contributed by atoms with Crippen LogP contribution in [0.2, 0.25) is 0 Å². The summed E-state index contributed by atoms with van der Waals surface area (Å²) in [5, 5.41) is 33.5. The van der Waals surface area contributed by atoms with Gasteiger partial charge in [-0.15, -0.1) is 5.11 Å². The second-order valence-electron chi connectivity index (χ2n) is 13.7. The SMILES string of the molecule is CCCCCCCCCCCCCCCC(=O)Nc1cc(Oc2ccc(N=Nc3c(S(=O)(=O)[O-])cc4cc(S(=O)(=O)[O-])cc(NC(C)=O)c4c3O)cc2)ccc1O.[Na+].[Na+]. The van der Waals surface area contributed by atoms with Crippen molar-refractivity contribution in [2.45, 2.75) is 114 Å². The van der Waals surface area contributed by atoms with E-state index in [1.54, 1.807) is 0 Å². The molecule has 0 saturated carbocycles. The number of hydrogen-bond acceptors (Lipinski definition) is 13. The Bertz CT molecular complexity index is 2290. The van der Waals surface area contributed by atoms with E-state index in [-0.39, 0.29) is 98.6 Å². The Morgan fingerprint density at radius 3 is 1.78 bits per heavy atom. The molecule has 308 valence electrons. The number of aromatic hydroxyl groups is 2. The molecule has 4 aromatic rings. The van der Waals surface area contributed by atoms with Crippen LogP contribution in [0.25, 0.3) is 10.8 Å². The summed E-state index contributed by atoms with van der Waals surface area (Å²) >= 11 is 0. The molecule has 2 amide bonds. The monoisotopic (exact) mass is 870 g/mol. The number of hydrogen-bond donors (Lipinski definition) is 4. The molecular formula is C40H48N4Na2O11S2. The number of phenols is 2. The van der Waals surface area contributed by atoms with Crippen LogP contribution in [0, 0.1) is 0 Å². The molecule has 0 aliphatic rings. The van der Waals surface area contributed by atoms with Gasteiger partial charge >= 0.3 is 59.1 Å². The van der Waals surface area contributed by atoms with Gasteiger partial charge in [0.2, 0.25) is 11.8 Å². The zero-order valence-corrected chi connectivity index (χ0v) is 39.6. The topological polar surface area (TPSA) is 247 Å². The molecule has 0 fully saturated rings. The predicted octanol–water partition coefficient (Wildman–Crippen LogP) is 3.65. The summed E-state index contributed by atoms with van der Waals surface area (Å²) in [4.78, 5) is 22.5. The first-order chi connectivity index (χ1) is 27.1. The van der Waals surface area contributed by atoms with Gasteiger partial charge in [0.1, 0.15) is 43.2 Å². The quantitative estimate of drug-likeness (QED) is 0.0292. The normalized spacial score (nSPS) is 11.5. The number of fused-ring (bicyclic) bond motifs is 1. The van der Waals surface area contributed by atoms with Crippen molar-refractivity contribution in [3.8, 4) is 23.0 Å². The van der Waals surface area contributed by atoms with Crippen LogP contribution in [-0.4, -0.2) is 48.0 Å². The van der Waals surface area contributed by atoms with Gasteiger partial charge < -0.3 is 34.7 Å². The van der Waals surface area contributed by atoms with Crippen molar-refractivity contribution in [3.63, 3.8) is 0 Å². The Hall–Kier alpha value is -3.10. The van der Waals surface area contributed by atoms with Gasteiger partial charge in [-0.3, -0.25) is 9.59 Å². The maximum Gasteiger partial charge on any atom is 1.00 e. The Morgan fingerprint density at radius 1 is 0.678 bits per heavy atom. The fourth-order valence-corrected chi connectivity index (χ4v) is 7.38. The van der Waals surface area contributed by atoms with Crippen molar-refractivity contribution in [1.29, 1.82) is 0 Å². The number of azo groups is 1. The molecule has 4 aromatic carbocycles. The number of benzene rings is 4. The molecular weight excluding hydrogens is 823 g/mol. The van der Waals surface area contributed by atoms with Gasteiger partial charge in [-0.05, 0) is 66.4 Å². The Labute approximate surface area is 389 Å². The minimum absolute atomic E-state index is 0. The van der Waals surface area contributed by atoms with Crippen molar-refractivity contribution < 1.29 is 110 Å². The van der Waals surface area contributed by atoms with E-state index in [9.17, 15) is 45.7 Å². The van der Waals surface area contributed by atoms with Crippen LogP contribution >= 0.6 is 0 Å². The van der Waals surface area contributed by atoms with Gasteiger partial charge in [0.15, 0.2) is 5.75 Å². The first-order valence-electron chi connectivity index (χ1n) is 18.9. The number of nitrogens with zero attached hydrogens (tertiary/aromatic N) is 2. The van der Waals surface area contributed by atoms with Crippen molar-refractivity contribution in [3.05, 3.63) is 60.7 Å². The molecule has 4 rings (SSSR count). The van der Waals surface area contributed by atoms with E-state index in [4.69, 9.17) is 4.74 Å². The molecule has 19 heteroatoms. The van der Waals surface area contributed by atoms with Crippen LogP contribution < -0.4 is 74.5 Å². The van der Waals surface area contributed by atoms with Gasteiger partial charge in [-0.1, -0.05) is 84.0 Å². The number of ether oxygens (including phenoxy) is 1. The van der Waals surface area contributed by atoms with Crippen LogP contribution in [0.3, 0.4) is 0 Å². The zero-order valence-electron chi connectivity index (χ0n) is 34.0. The van der Waals surface area contributed by atoms with E-state index in [0.29, 0.717) is 17.9 Å². The van der Waals surface area contributed by atoms with E-state index in [1.165, 1.54) is 100 Å². The number of nitrogens with one attached hydrogen (secondary N) is 2. The summed E-state index contributed by atoms with van der Waals surface area (Å²) < 4.78 is 77.6. The van der Waals surface area contributed by atoms with Crippen LogP contribution in [0.5, 0.6) is 23.0 Å². The summed E-state index contributed by atoms with van der Waals surface area (Å²) in [6.07, 6.45) is 15.9. The molecule has 4 N–H and O–H groups in total. The minimum atomic E-state index is -5.35. The van der Waals surface area contributed by atoms with E-state index in [0.717, 1.165) is 50.8 Å². The van der Waals surface area contributed by atoms with Crippen LogP contribution in [0.1, 0.15) is 104 Å². The molecule has 0 heterocycles. The second kappa shape index (κ2) is 25.0. The van der Waals surface area contributed by atoms with E-state index >= 15 is 0 Å². The fraction of sp³-hybridized carbons (Fsp3) is 0.400. The molecule has 0 unspecified atom stereocenters. The summed E-state index contributed by atoms with van der Waals surface area (Å²) in [5.74, 6) is -1.39. The third-order valence-corrected chi connectivity index (χ3v) is 10.7. The Morgan fingerprint density at radius 2 is 1.24 bits per heavy atom. The number of anilines is 2. The Balaban J connectivity index is 0.00000600. The maximum atomic E-state index is 12.6. The van der Waals surface area contributed by atoms with Gasteiger partial charge in [-0.2, -0.15) is 5.11 Å². The minimum Gasteiger partial charge on any atom is -0.744 e. The molecule has 0 atom stereocenters. The molecule has 0 spiro atoms. The fourth-order valence-electron chi connectivity index (χ4n) is 6.20. The van der Waals surface area contributed by atoms with Crippen molar-refractivity contribution in [1.82, 2.24) is 0 Å². The molecule has 0 radical (unpaired) electrons. The van der Waals surface area contributed by atoms with Gasteiger partial charge in [0, 0.05) is 24.8 Å². The van der Waals surface area contributed by atoms with Gasteiger partial charge in [-0.25, -0.2) is 16.8 Å². The van der Waals surface area contributed by atoms with E-state index in [1.807, 2.05) is 0 Å². The maximum absolute atomic E-state index is 12.6. The van der Waals surface area contributed by atoms with Crippen LogP contribution in [-0.2, 0) is 29.8 Å². The zero-order chi connectivity index (χ0) is 41.6. The van der Waals surface area contributed by atoms with E-state index < -0.39 is 47.4 Å². The van der Waals surface area contributed by atoms with Gasteiger partial charge in [0.25, 0.3) is 0 Å². The number of phenolic OH excluding ortho intramolecular Hbond substituents is 2. The standard InChI is InChI=1S/C40H50N4O11S2.2Na/c1-3-4-5-6-7-8-9-10-11-12-13-14-15-16-37(47)42-33-25-31(21-22-35(33)46)55-30-19-17-29(18-20-30)43-44-39-36(57(52,53)54)24-28-23-32(56(49,50)51)26-34(41-27(2)45)38(28)40(39)48;;/h17-26,46,48H,3-16H2,1-2H3,(H,41,45)(H,42,47)(H,49,50,51)(H,52,53,54);;/q;2*+1/p-2. The van der Waals surface area contributed by atoms with Crippen molar-refractivity contribution >= 4 is 65.6 Å². The molecule has 59 heavy (non-hydrogen) atoms. The summed E-state index contributed by atoms with van der Waals surface area (Å²) in [7, 11) is -10.5. The molecule has 0 aromatic heterocycles. The van der Waals surface area contributed by atoms with Crippen molar-refractivity contribution in [2.24, 2.45) is 10.2 Å². The van der Waals surface area contributed by atoms with Crippen LogP contribution in [0.4, 0.5) is 22.7 Å². The summed E-state index contributed by atoms with van der Waals surface area (Å²) in [6.45, 7) is 3.30. The molecule has 0 aliphatic carbocycles. The number of rotatable bonds is 22. The Kier molecular flexibility index (Phi) is 22.0. The molecule has 15 nitrogen and oxygen atoms in total. The average Bonchev–Trinajstić information content (AvgIpc) is 3.13. The molecule has 0 bridgehead atoms. The predicted molar refractivity (Wildman–Crippen MR) is 214 cm³/mol.